The molecule has 1 aromatic carbocycles. The summed E-state index contributed by atoms with van der Waals surface area (Å²) in [5, 5.41) is 18.0. The van der Waals surface area contributed by atoms with Crippen LogP contribution in [-0.4, -0.2) is 17.7 Å². The molecule has 0 heterocycles. The summed E-state index contributed by atoms with van der Waals surface area (Å²) < 4.78 is 29.6. The molecule has 0 aliphatic carbocycles. The molecule has 1 aromatic rings. The van der Waals surface area contributed by atoms with Crippen molar-refractivity contribution in [3.05, 3.63) is 28.8 Å². The molecule has 0 aromatic heterocycles. The van der Waals surface area contributed by atoms with Gasteiger partial charge in [0.25, 0.3) is 6.43 Å². The quantitative estimate of drug-likeness (QED) is 0.825. The topological polar surface area (TPSA) is 70.3 Å². The van der Waals surface area contributed by atoms with E-state index in [1.807, 2.05) is 0 Å². The lowest BCUT2D eigenvalue weighted by atomic mass is 10.0. The van der Waals surface area contributed by atoms with Crippen LogP contribution >= 0.6 is 0 Å². The number of phenolic OH excluding ortho intramolecular Hbond substituents is 1. The van der Waals surface area contributed by atoms with Gasteiger partial charge < -0.3 is 9.84 Å². The van der Waals surface area contributed by atoms with Crippen LogP contribution in [0.1, 0.15) is 34.8 Å². The Morgan fingerprint density at radius 2 is 2.24 bits per heavy atom. The van der Waals surface area contributed by atoms with Gasteiger partial charge in [-0.25, -0.2) is 13.6 Å². The van der Waals surface area contributed by atoms with Crippen LogP contribution in [-0.2, 0) is 4.74 Å². The molecule has 0 aliphatic rings. The number of aromatic hydroxyl groups is 1. The third kappa shape index (κ3) is 2.69. The minimum atomic E-state index is -2.93. The maximum absolute atomic E-state index is 12.5. The van der Waals surface area contributed by atoms with E-state index in [0.29, 0.717) is 0 Å². The van der Waals surface area contributed by atoms with Crippen molar-refractivity contribution in [3.63, 3.8) is 0 Å². The number of hydrogen-bond acceptors (Lipinski definition) is 4. The number of ether oxygens (including phenoxy) is 1. The highest BCUT2D eigenvalue weighted by Crippen LogP contribution is 2.31. The Morgan fingerprint density at radius 1 is 1.59 bits per heavy atom. The number of hydrogen-bond donors (Lipinski definition) is 1. The van der Waals surface area contributed by atoms with Gasteiger partial charge in [0.05, 0.1) is 23.3 Å². The molecule has 4 nitrogen and oxygen atoms in total. The maximum atomic E-state index is 12.5. The van der Waals surface area contributed by atoms with Gasteiger partial charge in [-0.15, -0.1) is 0 Å². The van der Waals surface area contributed by atoms with Crippen LogP contribution in [0.2, 0.25) is 0 Å². The fraction of sp³-hybridized carbons (Fsp3) is 0.273. The first kappa shape index (κ1) is 12.9. The van der Waals surface area contributed by atoms with Crippen LogP contribution in [0.3, 0.4) is 0 Å². The van der Waals surface area contributed by atoms with Gasteiger partial charge >= 0.3 is 5.97 Å². The molecule has 0 unspecified atom stereocenters. The summed E-state index contributed by atoms with van der Waals surface area (Å²) in [6.45, 7) is 1.62. The second kappa shape index (κ2) is 5.25. The first-order valence-corrected chi connectivity index (χ1v) is 4.73. The summed E-state index contributed by atoms with van der Waals surface area (Å²) in [6, 6.07) is 3.24. The SMILES string of the molecule is CCOC(=O)c1cc(C(F)F)c(O)cc1C#N. The van der Waals surface area contributed by atoms with E-state index in [0.717, 1.165) is 12.1 Å². The largest absolute Gasteiger partial charge is 0.507 e. The van der Waals surface area contributed by atoms with Gasteiger partial charge in [0, 0.05) is 0 Å². The Morgan fingerprint density at radius 3 is 2.71 bits per heavy atom. The number of alkyl halides is 2. The summed E-state index contributed by atoms with van der Waals surface area (Å²) in [5.41, 5.74) is -1.18. The van der Waals surface area contributed by atoms with Crippen LogP contribution in [0.15, 0.2) is 12.1 Å². The molecule has 1 N–H and O–H groups in total. The molecule has 0 aliphatic heterocycles. The van der Waals surface area contributed by atoms with E-state index in [-0.39, 0.29) is 17.7 Å². The van der Waals surface area contributed by atoms with Gasteiger partial charge in [0.15, 0.2) is 0 Å². The minimum Gasteiger partial charge on any atom is -0.507 e. The molecule has 1 rings (SSSR count). The number of esters is 1. The highest BCUT2D eigenvalue weighted by atomic mass is 19.3. The number of nitriles is 1. The number of carbonyl (C=O) groups excluding carboxylic acids is 1. The zero-order valence-corrected chi connectivity index (χ0v) is 8.91. The van der Waals surface area contributed by atoms with Crippen molar-refractivity contribution in [3.8, 4) is 11.8 Å². The summed E-state index contributed by atoms with van der Waals surface area (Å²) in [4.78, 5) is 11.4. The number of nitrogens with zero attached hydrogens (tertiary/aromatic N) is 1. The third-order valence-corrected chi connectivity index (χ3v) is 2.02. The molecule has 0 amide bonds. The molecule has 0 fully saturated rings. The first-order chi connectivity index (χ1) is 8.01. The van der Waals surface area contributed by atoms with E-state index in [1.165, 1.54) is 0 Å². The van der Waals surface area contributed by atoms with E-state index in [4.69, 9.17) is 5.26 Å². The summed E-state index contributed by atoms with van der Waals surface area (Å²) in [6.07, 6.45) is -2.93. The Balaban J connectivity index is 3.32. The molecule has 0 saturated carbocycles. The number of rotatable bonds is 3. The van der Waals surface area contributed by atoms with Crippen molar-refractivity contribution in [1.29, 1.82) is 5.26 Å². The van der Waals surface area contributed by atoms with Crippen LogP contribution in [0, 0.1) is 11.3 Å². The molecule has 0 bridgehead atoms. The normalized spacial score (nSPS) is 10.1. The van der Waals surface area contributed by atoms with E-state index < -0.39 is 23.7 Å². The molecule has 0 atom stereocenters. The van der Waals surface area contributed by atoms with Gasteiger partial charge in [-0.1, -0.05) is 0 Å². The predicted molar refractivity (Wildman–Crippen MR) is 53.7 cm³/mol. The second-order valence-corrected chi connectivity index (χ2v) is 3.09. The number of halogens is 2. The lowest BCUT2D eigenvalue weighted by molar-refractivity contribution is 0.0525. The predicted octanol–water partition coefficient (Wildman–Crippen LogP) is 2.38. The zero-order valence-electron chi connectivity index (χ0n) is 8.91. The smallest absolute Gasteiger partial charge is 0.339 e. The number of phenols is 1. The summed E-state index contributed by atoms with van der Waals surface area (Å²) in [5.74, 6) is -1.59. The van der Waals surface area contributed by atoms with Crippen molar-refractivity contribution in [1.82, 2.24) is 0 Å². The monoisotopic (exact) mass is 241 g/mol. The van der Waals surface area contributed by atoms with E-state index >= 15 is 0 Å². The molecular formula is C11H9F2NO3. The highest BCUT2D eigenvalue weighted by Gasteiger charge is 2.20. The van der Waals surface area contributed by atoms with Crippen LogP contribution in [0.4, 0.5) is 8.78 Å². The van der Waals surface area contributed by atoms with Gasteiger partial charge in [0.1, 0.15) is 11.8 Å². The standard InChI is InChI=1S/C11H9F2NO3/c1-2-17-11(16)7-4-8(10(12)13)9(15)3-6(7)5-14/h3-4,10,15H,2H2,1H3. The Kier molecular flexibility index (Phi) is 3.99. The molecule has 17 heavy (non-hydrogen) atoms. The van der Waals surface area contributed by atoms with Gasteiger partial charge in [0.2, 0.25) is 0 Å². The fourth-order valence-corrected chi connectivity index (χ4v) is 1.25. The molecule has 0 radical (unpaired) electrons. The summed E-state index contributed by atoms with van der Waals surface area (Å²) in [7, 11) is 0. The van der Waals surface area contributed by atoms with E-state index in [1.54, 1.807) is 13.0 Å². The molecule has 6 heteroatoms. The number of carbonyl (C=O) groups is 1. The minimum absolute atomic E-state index is 0.0641. The lowest BCUT2D eigenvalue weighted by Gasteiger charge is -2.08. The van der Waals surface area contributed by atoms with Gasteiger partial charge in [-0.05, 0) is 19.1 Å². The molecule has 90 valence electrons. The van der Waals surface area contributed by atoms with Crippen molar-refractivity contribution in [2.45, 2.75) is 13.3 Å². The van der Waals surface area contributed by atoms with Crippen molar-refractivity contribution < 1.29 is 23.4 Å². The third-order valence-electron chi connectivity index (χ3n) is 2.02. The van der Waals surface area contributed by atoms with Gasteiger partial charge in [-0.2, -0.15) is 5.26 Å². The maximum Gasteiger partial charge on any atom is 0.339 e. The average Bonchev–Trinajstić information content (AvgIpc) is 2.28. The highest BCUT2D eigenvalue weighted by molar-refractivity contribution is 5.92. The molecule has 0 spiro atoms. The van der Waals surface area contributed by atoms with Crippen molar-refractivity contribution in [2.75, 3.05) is 6.61 Å². The van der Waals surface area contributed by atoms with Crippen LogP contribution < -0.4 is 0 Å². The van der Waals surface area contributed by atoms with Crippen LogP contribution in [0.5, 0.6) is 5.75 Å². The molecular weight excluding hydrogens is 232 g/mol. The van der Waals surface area contributed by atoms with E-state index in [2.05, 4.69) is 4.74 Å². The van der Waals surface area contributed by atoms with Gasteiger partial charge in [-0.3, -0.25) is 0 Å². The summed E-state index contributed by atoms with van der Waals surface area (Å²) >= 11 is 0. The molecule has 0 saturated heterocycles. The zero-order chi connectivity index (χ0) is 13.0. The second-order valence-electron chi connectivity index (χ2n) is 3.09. The van der Waals surface area contributed by atoms with Crippen molar-refractivity contribution in [2.24, 2.45) is 0 Å². The lowest BCUT2D eigenvalue weighted by Crippen LogP contribution is -2.08. The Bertz CT molecular complexity index is 480. The Hall–Kier alpha value is -2.16. The Labute approximate surface area is 96.0 Å². The number of benzene rings is 1. The average molecular weight is 241 g/mol. The van der Waals surface area contributed by atoms with Crippen LogP contribution in [0.25, 0.3) is 0 Å². The van der Waals surface area contributed by atoms with E-state index in [9.17, 15) is 18.7 Å². The van der Waals surface area contributed by atoms with Crippen molar-refractivity contribution >= 4 is 5.97 Å². The first-order valence-electron chi connectivity index (χ1n) is 4.73. The fourth-order valence-electron chi connectivity index (χ4n) is 1.25.